The zero-order valence-corrected chi connectivity index (χ0v) is 10.3. The van der Waals surface area contributed by atoms with Crippen LogP contribution in [-0.2, 0) is 6.54 Å². The Balaban J connectivity index is 2.54. The molecule has 0 fully saturated rings. The van der Waals surface area contributed by atoms with E-state index in [1.54, 1.807) is 14.2 Å². The zero-order valence-electron chi connectivity index (χ0n) is 10.3. The Kier molecular flexibility index (Phi) is 5.76. The molecule has 1 unspecified atom stereocenters. The third-order valence-corrected chi connectivity index (χ3v) is 2.43. The minimum atomic E-state index is -0.504. The van der Waals surface area contributed by atoms with Crippen LogP contribution in [0.3, 0.4) is 0 Å². The van der Waals surface area contributed by atoms with E-state index in [9.17, 15) is 5.11 Å². The maximum Gasteiger partial charge on any atom is 0.161 e. The van der Waals surface area contributed by atoms with Crippen molar-refractivity contribution in [3.63, 3.8) is 0 Å². The van der Waals surface area contributed by atoms with Gasteiger partial charge in [0.05, 0.1) is 20.3 Å². The lowest BCUT2D eigenvalue weighted by Gasteiger charge is -2.11. The van der Waals surface area contributed by atoms with Crippen molar-refractivity contribution in [3.8, 4) is 11.5 Å². The van der Waals surface area contributed by atoms with Crippen molar-refractivity contribution in [3.05, 3.63) is 23.8 Å². The van der Waals surface area contributed by atoms with Crippen LogP contribution in [-0.4, -0.2) is 38.5 Å². The summed E-state index contributed by atoms with van der Waals surface area (Å²) >= 11 is 0. The number of aliphatic hydroxyl groups is 1. The number of ether oxygens (including phenoxy) is 2. The van der Waals surface area contributed by atoms with Gasteiger partial charge in [-0.25, -0.2) is 0 Å². The first kappa shape index (κ1) is 13.8. The molecule has 1 atom stereocenters. The SMILES string of the molecule is COc1ccc(CNCC(O)CN)cc1OC. The highest BCUT2D eigenvalue weighted by atomic mass is 16.5. The molecule has 4 N–H and O–H groups in total. The highest BCUT2D eigenvalue weighted by Gasteiger charge is 2.05. The van der Waals surface area contributed by atoms with E-state index in [0.29, 0.717) is 24.6 Å². The van der Waals surface area contributed by atoms with Crippen LogP contribution in [0.1, 0.15) is 5.56 Å². The molecular formula is C12H20N2O3. The predicted molar refractivity (Wildman–Crippen MR) is 66.3 cm³/mol. The van der Waals surface area contributed by atoms with Crippen LogP contribution >= 0.6 is 0 Å². The highest BCUT2D eigenvalue weighted by Crippen LogP contribution is 2.27. The van der Waals surface area contributed by atoms with Crippen molar-refractivity contribution < 1.29 is 14.6 Å². The van der Waals surface area contributed by atoms with Gasteiger partial charge in [0, 0.05) is 19.6 Å². The number of hydrogen-bond donors (Lipinski definition) is 3. The average Bonchev–Trinajstić information content (AvgIpc) is 2.38. The first-order valence-corrected chi connectivity index (χ1v) is 5.51. The zero-order chi connectivity index (χ0) is 12.7. The van der Waals surface area contributed by atoms with Crippen LogP contribution in [0.2, 0.25) is 0 Å². The summed E-state index contributed by atoms with van der Waals surface area (Å²) in [4.78, 5) is 0. The Morgan fingerprint density at radius 2 is 2.00 bits per heavy atom. The molecule has 0 bridgehead atoms. The molecule has 1 aromatic rings. The monoisotopic (exact) mass is 240 g/mol. The lowest BCUT2D eigenvalue weighted by molar-refractivity contribution is 0.179. The molecule has 5 nitrogen and oxygen atoms in total. The fourth-order valence-corrected chi connectivity index (χ4v) is 1.46. The van der Waals surface area contributed by atoms with Gasteiger partial charge in [-0.2, -0.15) is 0 Å². The number of rotatable bonds is 7. The van der Waals surface area contributed by atoms with Crippen molar-refractivity contribution in [2.45, 2.75) is 12.6 Å². The summed E-state index contributed by atoms with van der Waals surface area (Å²) in [6.07, 6.45) is -0.504. The maximum atomic E-state index is 9.29. The van der Waals surface area contributed by atoms with Gasteiger partial charge in [0.15, 0.2) is 11.5 Å². The average molecular weight is 240 g/mol. The van der Waals surface area contributed by atoms with Crippen LogP contribution < -0.4 is 20.5 Å². The molecule has 0 amide bonds. The van der Waals surface area contributed by atoms with Crippen molar-refractivity contribution in [2.24, 2.45) is 5.73 Å². The Hall–Kier alpha value is -1.30. The molecule has 0 aromatic heterocycles. The summed E-state index contributed by atoms with van der Waals surface area (Å²) in [5.41, 5.74) is 6.37. The van der Waals surface area contributed by atoms with Crippen molar-refractivity contribution >= 4 is 0 Å². The molecule has 0 saturated carbocycles. The summed E-state index contributed by atoms with van der Waals surface area (Å²) in [5, 5.41) is 12.4. The quantitative estimate of drug-likeness (QED) is 0.631. The number of benzene rings is 1. The van der Waals surface area contributed by atoms with Gasteiger partial charge < -0.3 is 25.6 Å². The molecule has 0 radical (unpaired) electrons. The van der Waals surface area contributed by atoms with Gasteiger partial charge in [-0.1, -0.05) is 6.07 Å². The number of methoxy groups -OCH3 is 2. The highest BCUT2D eigenvalue weighted by molar-refractivity contribution is 5.42. The first-order chi connectivity index (χ1) is 8.21. The van der Waals surface area contributed by atoms with Crippen molar-refractivity contribution in [2.75, 3.05) is 27.3 Å². The van der Waals surface area contributed by atoms with Gasteiger partial charge in [-0.05, 0) is 17.7 Å². The fourth-order valence-electron chi connectivity index (χ4n) is 1.46. The van der Waals surface area contributed by atoms with E-state index < -0.39 is 6.10 Å². The predicted octanol–water partition coefficient (Wildman–Crippen LogP) is 0.113. The molecule has 0 heterocycles. The third kappa shape index (κ3) is 4.22. The lowest BCUT2D eigenvalue weighted by atomic mass is 10.2. The first-order valence-electron chi connectivity index (χ1n) is 5.51. The van der Waals surface area contributed by atoms with Crippen LogP contribution in [0.25, 0.3) is 0 Å². The third-order valence-electron chi connectivity index (χ3n) is 2.43. The van der Waals surface area contributed by atoms with E-state index in [4.69, 9.17) is 15.2 Å². The largest absolute Gasteiger partial charge is 0.493 e. The van der Waals surface area contributed by atoms with Crippen LogP contribution in [0, 0.1) is 0 Å². The summed E-state index contributed by atoms with van der Waals surface area (Å²) < 4.78 is 10.4. The molecule has 5 heteroatoms. The summed E-state index contributed by atoms with van der Waals surface area (Å²) in [5.74, 6) is 1.41. The second kappa shape index (κ2) is 7.11. The summed E-state index contributed by atoms with van der Waals surface area (Å²) in [7, 11) is 3.21. The number of hydrogen-bond acceptors (Lipinski definition) is 5. The molecule has 17 heavy (non-hydrogen) atoms. The molecular weight excluding hydrogens is 220 g/mol. The van der Waals surface area contributed by atoms with Crippen LogP contribution in [0.5, 0.6) is 11.5 Å². The Labute approximate surface area is 102 Å². The van der Waals surface area contributed by atoms with Crippen LogP contribution in [0.15, 0.2) is 18.2 Å². The maximum absolute atomic E-state index is 9.29. The molecule has 0 aliphatic heterocycles. The van der Waals surface area contributed by atoms with Crippen molar-refractivity contribution in [1.29, 1.82) is 0 Å². The number of nitrogens with two attached hydrogens (primary N) is 1. The second-order valence-corrected chi connectivity index (χ2v) is 3.71. The van der Waals surface area contributed by atoms with Crippen LogP contribution in [0.4, 0.5) is 0 Å². The summed E-state index contributed by atoms with van der Waals surface area (Å²) in [6.45, 7) is 1.39. The standard InChI is InChI=1S/C12H20N2O3/c1-16-11-4-3-9(5-12(11)17-2)7-14-8-10(15)6-13/h3-5,10,14-15H,6-8,13H2,1-2H3. The Morgan fingerprint density at radius 1 is 1.29 bits per heavy atom. The van der Waals surface area contributed by atoms with Gasteiger partial charge in [-0.3, -0.25) is 0 Å². The van der Waals surface area contributed by atoms with E-state index >= 15 is 0 Å². The molecule has 96 valence electrons. The van der Waals surface area contributed by atoms with E-state index in [0.717, 1.165) is 5.56 Å². The van der Waals surface area contributed by atoms with Crippen molar-refractivity contribution in [1.82, 2.24) is 5.32 Å². The van der Waals surface area contributed by atoms with E-state index in [1.807, 2.05) is 18.2 Å². The van der Waals surface area contributed by atoms with Gasteiger partial charge in [-0.15, -0.1) is 0 Å². The molecule has 0 aliphatic rings. The Morgan fingerprint density at radius 3 is 2.59 bits per heavy atom. The molecule has 0 spiro atoms. The minimum absolute atomic E-state index is 0.263. The van der Waals surface area contributed by atoms with Gasteiger partial charge in [0.25, 0.3) is 0 Å². The summed E-state index contributed by atoms with van der Waals surface area (Å²) in [6, 6.07) is 5.71. The van der Waals surface area contributed by atoms with E-state index in [2.05, 4.69) is 5.32 Å². The fraction of sp³-hybridized carbons (Fsp3) is 0.500. The topological polar surface area (TPSA) is 76.7 Å². The molecule has 1 aromatic carbocycles. The van der Waals surface area contributed by atoms with E-state index in [-0.39, 0.29) is 6.54 Å². The molecule has 1 rings (SSSR count). The number of nitrogens with one attached hydrogen (secondary N) is 1. The van der Waals surface area contributed by atoms with Gasteiger partial charge >= 0.3 is 0 Å². The smallest absolute Gasteiger partial charge is 0.161 e. The van der Waals surface area contributed by atoms with Gasteiger partial charge in [0.2, 0.25) is 0 Å². The van der Waals surface area contributed by atoms with E-state index in [1.165, 1.54) is 0 Å². The second-order valence-electron chi connectivity index (χ2n) is 3.71. The molecule has 0 aliphatic carbocycles. The normalized spacial score (nSPS) is 12.2. The van der Waals surface area contributed by atoms with Gasteiger partial charge in [0.1, 0.15) is 0 Å². The lowest BCUT2D eigenvalue weighted by Crippen LogP contribution is -2.32. The number of aliphatic hydroxyl groups excluding tert-OH is 1. The molecule has 0 saturated heterocycles. The minimum Gasteiger partial charge on any atom is -0.493 e. The Bertz CT molecular complexity index is 345.